The monoisotopic (exact) mass is 316 g/mol. The summed E-state index contributed by atoms with van der Waals surface area (Å²) in [5, 5.41) is 0. The molecule has 0 radical (unpaired) electrons. The molecule has 0 N–H and O–H groups in total. The lowest BCUT2D eigenvalue weighted by molar-refractivity contribution is -0.177. The number of carbonyl (C=O) groups is 1. The van der Waals surface area contributed by atoms with Gasteiger partial charge in [-0.2, -0.15) is 8.78 Å². The van der Waals surface area contributed by atoms with Crippen molar-refractivity contribution < 1.29 is 27.6 Å². The number of carbonyl (C=O) groups excluding carboxylic acids is 1. The van der Waals surface area contributed by atoms with E-state index in [2.05, 4.69) is 4.74 Å². The first kappa shape index (κ1) is 17.4. The Labute approximate surface area is 130 Å². The van der Waals surface area contributed by atoms with Gasteiger partial charge >= 0.3 is 19.0 Å². The van der Waals surface area contributed by atoms with Crippen LogP contribution in [0.15, 0.2) is 11.5 Å². The van der Waals surface area contributed by atoms with Gasteiger partial charge < -0.3 is 14.0 Å². The van der Waals surface area contributed by atoms with Gasteiger partial charge in [0.05, 0.1) is 23.7 Å². The molecule has 1 aliphatic carbocycles. The van der Waals surface area contributed by atoms with Gasteiger partial charge in [-0.05, 0) is 52.9 Å². The zero-order valence-electron chi connectivity index (χ0n) is 13.7. The lowest BCUT2D eigenvalue weighted by Crippen LogP contribution is -2.41. The minimum atomic E-state index is -3.51. The first-order valence-electron chi connectivity index (χ1n) is 7.62. The molecule has 1 unspecified atom stereocenters. The van der Waals surface area contributed by atoms with Crippen LogP contribution in [0.25, 0.3) is 0 Å². The van der Waals surface area contributed by atoms with E-state index in [-0.39, 0.29) is 13.0 Å². The highest BCUT2D eigenvalue weighted by Gasteiger charge is 2.55. The van der Waals surface area contributed by atoms with Crippen LogP contribution in [0.3, 0.4) is 0 Å². The summed E-state index contributed by atoms with van der Waals surface area (Å²) in [7, 11) is -0.631. The van der Waals surface area contributed by atoms with E-state index in [0.717, 1.165) is 0 Å². The summed E-state index contributed by atoms with van der Waals surface area (Å²) in [6.45, 7) is 9.09. The number of alkyl halides is 2. The Balaban J connectivity index is 2.12. The maximum Gasteiger partial charge on any atom is 0.490 e. The number of rotatable bonds is 4. The lowest BCUT2D eigenvalue weighted by Gasteiger charge is -2.32. The van der Waals surface area contributed by atoms with Crippen molar-refractivity contribution in [3.05, 3.63) is 11.5 Å². The Morgan fingerprint density at radius 2 is 1.91 bits per heavy atom. The third kappa shape index (κ3) is 2.93. The third-order valence-electron chi connectivity index (χ3n) is 4.73. The predicted octanol–water partition coefficient (Wildman–Crippen LogP) is 3.15. The molecule has 0 aromatic heterocycles. The molecule has 2 rings (SSSR count). The Hall–Kier alpha value is -0.945. The number of hydrogen-bond donors (Lipinski definition) is 0. The maximum absolute atomic E-state index is 14.1. The fourth-order valence-electron chi connectivity index (χ4n) is 2.60. The van der Waals surface area contributed by atoms with Gasteiger partial charge in [-0.15, -0.1) is 0 Å². The Morgan fingerprint density at radius 1 is 1.36 bits per heavy atom. The number of halogens is 2. The summed E-state index contributed by atoms with van der Waals surface area (Å²) in [4.78, 5) is 11.4. The van der Waals surface area contributed by atoms with Crippen LogP contribution in [0, 0.1) is 5.92 Å². The highest BCUT2D eigenvalue weighted by atomic mass is 19.3. The van der Waals surface area contributed by atoms with Gasteiger partial charge in [0.2, 0.25) is 0 Å². The molecule has 1 saturated heterocycles. The van der Waals surface area contributed by atoms with Crippen LogP contribution in [0.5, 0.6) is 0 Å². The fourth-order valence-corrected chi connectivity index (χ4v) is 2.60. The summed E-state index contributed by atoms with van der Waals surface area (Å²) >= 11 is 0. The molecule has 0 saturated carbocycles. The van der Waals surface area contributed by atoms with Crippen molar-refractivity contribution in [2.45, 2.75) is 64.6 Å². The average molecular weight is 316 g/mol. The van der Waals surface area contributed by atoms with Crippen molar-refractivity contribution in [3.63, 3.8) is 0 Å². The smallest absolute Gasteiger partial charge is 0.462 e. The van der Waals surface area contributed by atoms with E-state index in [1.165, 1.54) is 13.0 Å². The van der Waals surface area contributed by atoms with E-state index < -0.39 is 36.1 Å². The van der Waals surface area contributed by atoms with Crippen molar-refractivity contribution >= 4 is 13.1 Å². The molecule has 124 valence electrons. The van der Waals surface area contributed by atoms with E-state index in [9.17, 15) is 13.6 Å². The molecule has 4 nitrogen and oxygen atoms in total. The molecule has 0 amide bonds. The molecular weight excluding hydrogens is 293 g/mol. The number of allylic oxidation sites excluding steroid dienone is 2. The van der Waals surface area contributed by atoms with Gasteiger partial charge in [0, 0.05) is 0 Å². The first-order valence-corrected chi connectivity index (χ1v) is 7.62. The summed E-state index contributed by atoms with van der Waals surface area (Å²) in [6, 6.07) is 0. The van der Waals surface area contributed by atoms with Crippen LogP contribution < -0.4 is 0 Å². The van der Waals surface area contributed by atoms with Crippen molar-refractivity contribution in [2.24, 2.45) is 5.92 Å². The molecule has 0 spiro atoms. The highest BCUT2D eigenvalue weighted by Crippen LogP contribution is 2.43. The molecule has 7 heteroatoms. The van der Waals surface area contributed by atoms with Gasteiger partial charge in [-0.25, -0.2) is 4.79 Å². The lowest BCUT2D eigenvalue weighted by atomic mass is 9.78. The van der Waals surface area contributed by atoms with E-state index in [1.54, 1.807) is 0 Å². The molecule has 1 heterocycles. The Kier molecular flexibility index (Phi) is 4.43. The molecule has 1 aliphatic heterocycles. The maximum atomic E-state index is 14.1. The standard InChI is InChI=1S/C15H23BF2O4/c1-6-20-12(19)15(17,18)10-7-8-11(9-10)16-21-13(2,3)14(4,5)22-16/h9-10H,6-8H2,1-5H3. The van der Waals surface area contributed by atoms with Crippen molar-refractivity contribution in [2.75, 3.05) is 6.61 Å². The van der Waals surface area contributed by atoms with E-state index in [4.69, 9.17) is 9.31 Å². The van der Waals surface area contributed by atoms with Crippen LogP contribution in [0.2, 0.25) is 0 Å². The summed E-state index contributed by atoms with van der Waals surface area (Å²) in [5.74, 6) is -6.14. The van der Waals surface area contributed by atoms with Crippen LogP contribution >= 0.6 is 0 Å². The van der Waals surface area contributed by atoms with Crippen molar-refractivity contribution in [1.82, 2.24) is 0 Å². The minimum absolute atomic E-state index is 0.0606. The number of esters is 1. The van der Waals surface area contributed by atoms with Crippen LogP contribution in [-0.4, -0.2) is 36.8 Å². The quantitative estimate of drug-likeness (QED) is 0.590. The van der Waals surface area contributed by atoms with E-state index in [0.29, 0.717) is 11.9 Å². The second-order valence-electron chi connectivity index (χ2n) is 6.82. The number of ether oxygens (including phenoxy) is 1. The molecule has 22 heavy (non-hydrogen) atoms. The first-order chi connectivity index (χ1) is 10.0. The minimum Gasteiger partial charge on any atom is -0.462 e. The van der Waals surface area contributed by atoms with E-state index >= 15 is 0 Å². The zero-order valence-corrected chi connectivity index (χ0v) is 13.7. The largest absolute Gasteiger partial charge is 0.490 e. The van der Waals surface area contributed by atoms with Crippen LogP contribution in [0.4, 0.5) is 8.78 Å². The van der Waals surface area contributed by atoms with Crippen LogP contribution in [-0.2, 0) is 18.8 Å². The Morgan fingerprint density at radius 3 is 2.41 bits per heavy atom. The molecule has 0 bridgehead atoms. The highest BCUT2D eigenvalue weighted by molar-refractivity contribution is 6.54. The summed E-state index contributed by atoms with van der Waals surface area (Å²) in [6.07, 6.45) is 2.03. The van der Waals surface area contributed by atoms with Gasteiger partial charge in [0.15, 0.2) is 0 Å². The molecule has 0 aromatic carbocycles. The Bertz CT molecular complexity index is 472. The molecule has 1 fully saturated rings. The third-order valence-corrected chi connectivity index (χ3v) is 4.73. The number of hydrogen-bond acceptors (Lipinski definition) is 4. The second kappa shape index (κ2) is 5.60. The van der Waals surface area contributed by atoms with Gasteiger partial charge in [0.1, 0.15) is 0 Å². The van der Waals surface area contributed by atoms with E-state index in [1.807, 2.05) is 27.7 Å². The molecule has 2 aliphatic rings. The molecular formula is C15H23BF2O4. The van der Waals surface area contributed by atoms with Gasteiger partial charge in [-0.1, -0.05) is 6.08 Å². The topological polar surface area (TPSA) is 44.8 Å². The van der Waals surface area contributed by atoms with Gasteiger partial charge in [0.25, 0.3) is 0 Å². The molecule has 1 atom stereocenters. The molecule has 0 aromatic rings. The summed E-state index contributed by atoms with van der Waals surface area (Å²) < 4.78 is 44.3. The average Bonchev–Trinajstić information content (AvgIpc) is 2.94. The SMILES string of the molecule is CCOC(=O)C(F)(F)C1C=C(B2OC(C)(C)C(C)(C)O2)CC1. The second-order valence-corrected chi connectivity index (χ2v) is 6.82. The van der Waals surface area contributed by atoms with Crippen molar-refractivity contribution in [1.29, 1.82) is 0 Å². The predicted molar refractivity (Wildman–Crippen MR) is 78.5 cm³/mol. The van der Waals surface area contributed by atoms with Gasteiger partial charge in [-0.3, -0.25) is 0 Å². The summed E-state index contributed by atoms with van der Waals surface area (Å²) in [5.41, 5.74) is -0.354. The fraction of sp³-hybridized carbons (Fsp3) is 0.800. The van der Waals surface area contributed by atoms with Crippen molar-refractivity contribution in [3.8, 4) is 0 Å². The zero-order chi connectivity index (χ0) is 16.8. The normalized spacial score (nSPS) is 27.0. The van der Waals surface area contributed by atoms with Crippen LogP contribution in [0.1, 0.15) is 47.5 Å².